The second kappa shape index (κ2) is 14.6. The fourth-order valence-electron chi connectivity index (χ4n) is 2.54. The van der Waals surface area contributed by atoms with Gasteiger partial charge >= 0.3 is 0 Å². The molecule has 0 atom stereocenters. The molecule has 0 amide bonds. The van der Waals surface area contributed by atoms with Gasteiger partial charge < -0.3 is 20.9 Å². The molecule has 3 aromatic carbocycles. The molecule has 3 aromatic rings. The van der Waals surface area contributed by atoms with Crippen molar-refractivity contribution in [2.24, 2.45) is 0 Å². The van der Waals surface area contributed by atoms with Crippen LogP contribution in [-0.2, 0) is 26.2 Å². The van der Waals surface area contributed by atoms with Crippen LogP contribution in [0.5, 0.6) is 0 Å². The quantitative estimate of drug-likeness (QED) is 0.431. The molecule has 4 nitrogen and oxygen atoms in total. The van der Waals surface area contributed by atoms with Gasteiger partial charge in [-0.25, -0.2) is 0 Å². The molecular formula is C21H28O4SiZr. The molecule has 6 N–H and O–H groups in total. The number of aliphatic hydroxyl groups excluding tert-OH is 1. The number of hydrogen-bond donors (Lipinski definition) is 2. The van der Waals surface area contributed by atoms with Crippen LogP contribution in [0.25, 0.3) is 0 Å². The van der Waals surface area contributed by atoms with Gasteiger partial charge in [-0.05, 0) is 22.0 Å². The van der Waals surface area contributed by atoms with Gasteiger partial charge in [0.1, 0.15) is 0 Å². The first kappa shape index (κ1) is 27.8. The van der Waals surface area contributed by atoms with E-state index in [4.69, 9.17) is 5.11 Å². The van der Waals surface area contributed by atoms with Crippen molar-refractivity contribution < 1.29 is 47.1 Å². The van der Waals surface area contributed by atoms with Crippen LogP contribution >= 0.6 is 0 Å². The van der Waals surface area contributed by atoms with Crippen LogP contribution in [0.4, 0.5) is 0 Å². The standard InChI is InChI=1S/C18H16OSi.C3H8O.2H2O.Zr/c19-20(16-10-4-1-5-11-16,17-12-6-2-7-13-17)18-14-8-3-9-15-18;1-2-3-4;;;/h1-15,19H;4H,2-3H2,1H3;2*1H2;. The van der Waals surface area contributed by atoms with E-state index < -0.39 is 8.32 Å². The monoisotopic (exact) mass is 462 g/mol. The molecule has 27 heavy (non-hydrogen) atoms. The summed E-state index contributed by atoms with van der Waals surface area (Å²) in [6.45, 7) is 2.25. The molecule has 0 fully saturated rings. The molecule has 0 spiro atoms. The summed E-state index contributed by atoms with van der Waals surface area (Å²) < 4.78 is 0. The molecule has 3 rings (SSSR count). The van der Waals surface area contributed by atoms with E-state index in [0.717, 1.165) is 22.0 Å². The van der Waals surface area contributed by atoms with Crippen LogP contribution in [0.15, 0.2) is 91.0 Å². The summed E-state index contributed by atoms with van der Waals surface area (Å²) in [4.78, 5) is 11.6. The Labute approximate surface area is 181 Å². The third kappa shape index (κ3) is 7.26. The normalized spacial score (nSPS) is 9.44. The molecule has 0 saturated heterocycles. The van der Waals surface area contributed by atoms with Crippen LogP contribution in [0, 0.1) is 0 Å². The average molecular weight is 464 g/mol. The molecule has 0 aliphatic carbocycles. The zero-order valence-electron chi connectivity index (χ0n) is 15.5. The first-order valence-corrected chi connectivity index (χ1v) is 10.2. The van der Waals surface area contributed by atoms with Crippen molar-refractivity contribution in [3.8, 4) is 0 Å². The smallest absolute Gasteiger partial charge is 0.285 e. The third-order valence-corrected chi connectivity index (χ3v) is 7.30. The zero-order chi connectivity index (χ0) is 17.3. The van der Waals surface area contributed by atoms with E-state index in [9.17, 15) is 4.80 Å². The third-order valence-electron chi connectivity index (χ3n) is 3.80. The fourth-order valence-corrected chi connectivity index (χ4v) is 5.56. The molecule has 0 unspecified atom stereocenters. The van der Waals surface area contributed by atoms with Gasteiger partial charge in [-0.2, -0.15) is 0 Å². The summed E-state index contributed by atoms with van der Waals surface area (Å²) in [6, 6.07) is 30.0. The maximum atomic E-state index is 11.6. The minimum Gasteiger partial charge on any atom is -0.421 e. The Morgan fingerprint density at radius 1 is 0.630 bits per heavy atom. The van der Waals surface area contributed by atoms with Crippen LogP contribution < -0.4 is 15.6 Å². The molecule has 0 aromatic heterocycles. The van der Waals surface area contributed by atoms with Crippen molar-refractivity contribution in [1.29, 1.82) is 0 Å². The van der Waals surface area contributed by atoms with Crippen LogP contribution in [-0.4, -0.2) is 35.8 Å². The second-order valence-corrected chi connectivity index (χ2v) is 8.68. The van der Waals surface area contributed by atoms with Gasteiger partial charge in [0.25, 0.3) is 8.32 Å². The molecule has 0 radical (unpaired) electrons. The van der Waals surface area contributed by atoms with Gasteiger partial charge in [-0.15, -0.1) is 0 Å². The van der Waals surface area contributed by atoms with Gasteiger partial charge in [-0.3, -0.25) is 0 Å². The Balaban J connectivity index is 0. The van der Waals surface area contributed by atoms with E-state index in [0.29, 0.717) is 6.61 Å². The molecular weight excluding hydrogens is 436 g/mol. The maximum absolute atomic E-state index is 11.6. The van der Waals surface area contributed by atoms with E-state index in [-0.39, 0.29) is 37.2 Å². The Morgan fingerprint density at radius 2 is 0.852 bits per heavy atom. The van der Waals surface area contributed by atoms with Crippen LogP contribution in [0.1, 0.15) is 13.3 Å². The summed E-state index contributed by atoms with van der Waals surface area (Å²) in [5, 5.41) is 10.9. The zero-order valence-corrected chi connectivity index (χ0v) is 18.9. The van der Waals surface area contributed by atoms with Crippen molar-refractivity contribution in [3.63, 3.8) is 0 Å². The topological polar surface area (TPSA) is 103 Å². The van der Waals surface area contributed by atoms with Crippen LogP contribution in [0.2, 0.25) is 0 Å². The SMILES string of the molecule is CCCO.O.O.O[Si](c1ccccc1)(c1ccccc1)c1ccccc1.[Zr]. The van der Waals surface area contributed by atoms with Crippen molar-refractivity contribution in [2.75, 3.05) is 6.61 Å². The molecule has 0 aliphatic rings. The van der Waals surface area contributed by atoms with Gasteiger partial charge in [-0.1, -0.05) is 97.9 Å². The first-order valence-electron chi connectivity index (χ1n) is 8.23. The fraction of sp³-hybridized carbons (Fsp3) is 0.143. The molecule has 0 saturated carbocycles. The number of hydrogen-bond acceptors (Lipinski definition) is 2. The van der Waals surface area contributed by atoms with E-state index in [2.05, 4.69) is 0 Å². The molecule has 0 heterocycles. The van der Waals surface area contributed by atoms with Crippen molar-refractivity contribution in [2.45, 2.75) is 13.3 Å². The Hall–Kier alpha value is -1.40. The largest absolute Gasteiger partial charge is 0.421 e. The summed E-state index contributed by atoms with van der Waals surface area (Å²) in [5.74, 6) is 0. The van der Waals surface area contributed by atoms with Gasteiger partial charge in [0, 0.05) is 32.8 Å². The Morgan fingerprint density at radius 3 is 1.04 bits per heavy atom. The average Bonchev–Trinajstić information content (AvgIpc) is 2.69. The van der Waals surface area contributed by atoms with Gasteiger partial charge in [0.05, 0.1) is 0 Å². The number of benzene rings is 3. The maximum Gasteiger partial charge on any atom is 0.285 e. The summed E-state index contributed by atoms with van der Waals surface area (Å²) in [7, 11) is -2.88. The first-order chi connectivity index (χ1) is 11.7. The summed E-state index contributed by atoms with van der Waals surface area (Å²) in [5.41, 5.74) is 0. The minimum atomic E-state index is -2.88. The predicted molar refractivity (Wildman–Crippen MR) is 111 cm³/mol. The van der Waals surface area contributed by atoms with Crippen molar-refractivity contribution in [1.82, 2.24) is 0 Å². The van der Waals surface area contributed by atoms with E-state index in [1.54, 1.807) is 0 Å². The van der Waals surface area contributed by atoms with Crippen molar-refractivity contribution in [3.05, 3.63) is 91.0 Å². The van der Waals surface area contributed by atoms with E-state index in [1.165, 1.54) is 0 Å². The molecule has 6 heteroatoms. The van der Waals surface area contributed by atoms with Crippen LogP contribution in [0.3, 0.4) is 0 Å². The molecule has 0 aliphatic heterocycles. The second-order valence-electron chi connectivity index (χ2n) is 5.53. The molecule has 0 bridgehead atoms. The number of rotatable bonds is 4. The van der Waals surface area contributed by atoms with Crippen molar-refractivity contribution >= 4 is 23.9 Å². The van der Waals surface area contributed by atoms with Gasteiger partial charge in [0.15, 0.2) is 0 Å². The summed E-state index contributed by atoms with van der Waals surface area (Å²) in [6.07, 6.45) is 0.875. The Kier molecular flexibility index (Phi) is 15.1. The minimum absolute atomic E-state index is 0. The number of aliphatic hydroxyl groups is 1. The Bertz CT molecular complexity index is 613. The van der Waals surface area contributed by atoms with E-state index in [1.807, 2.05) is 97.9 Å². The predicted octanol–water partition coefficient (Wildman–Crippen LogP) is 0.383. The van der Waals surface area contributed by atoms with E-state index >= 15 is 0 Å². The van der Waals surface area contributed by atoms with Gasteiger partial charge in [0.2, 0.25) is 0 Å². The molecule has 144 valence electrons. The summed E-state index contributed by atoms with van der Waals surface area (Å²) >= 11 is 0.